The van der Waals surface area contributed by atoms with E-state index in [9.17, 15) is 0 Å². The van der Waals surface area contributed by atoms with Gasteiger partial charge in [-0.15, -0.1) is 0 Å². The smallest absolute Gasteiger partial charge is 0.0431 e. The Hall–Kier alpha value is -0.300. The summed E-state index contributed by atoms with van der Waals surface area (Å²) in [4.78, 5) is 0. The van der Waals surface area contributed by atoms with Gasteiger partial charge in [-0.05, 0) is 43.4 Å². The fourth-order valence-corrected chi connectivity index (χ4v) is 3.28. The fraction of sp³-hybridized carbons (Fsp3) is 0.857. The van der Waals surface area contributed by atoms with Crippen molar-refractivity contribution in [1.82, 2.24) is 0 Å². The molecule has 2 aliphatic carbocycles. The van der Waals surface area contributed by atoms with Crippen LogP contribution in [0.5, 0.6) is 0 Å². The van der Waals surface area contributed by atoms with E-state index in [1.165, 1.54) is 44.9 Å². The molecule has 0 saturated heterocycles. The standard InChI is InChI=1S/C14H24O/c15-9-5-3-1-2-4-6-13-10-12-7-8-14(13)11-12/h7-8,12-15H,1-6,9-11H2. The molecule has 0 aromatic carbocycles. The van der Waals surface area contributed by atoms with Gasteiger partial charge in [0.05, 0.1) is 0 Å². The van der Waals surface area contributed by atoms with E-state index in [4.69, 9.17) is 5.11 Å². The number of allylic oxidation sites excluding steroid dienone is 2. The molecule has 0 spiro atoms. The van der Waals surface area contributed by atoms with Gasteiger partial charge in [0.15, 0.2) is 0 Å². The molecule has 1 saturated carbocycles. The van der Waals surface area contributed by atoms with Gasteiger partial charge in [0, 0.05) is 6.61 Å². The van der Waals surface area contributed by atoms with Gasteiger partial charge in [-0.3, -0.25) is 0 Å². The van der Waals surface area contributed by atoms with Gasteiger partial charge in [0.25, 0.3) is 0 Å². The SMILES string of the molecule is OCCCCCCCC1CC2C=CC1C2. The summed E-state index contributed by atoms with van der Waals surface area (Å²) in [6.45, 7) is 0.372. The van der Waals surface area contributed by atoms with E-state index in [2.05, 4.69) is 12.2 Å². The molecule has 0 amide bonds. The Bertz CT molecular complexity index is 209. The molecule has 86 valence electrons. The molecule has 2 bridgehead atoms. The van der Waals surface area contributed by atoms with Crippen LogP contribution in [0.15, 0.2) is 12.2 Å². The van der Waals surface area contributed by atoms with E-state index in [1.807, 2.05) is 0 Å². The minimum Gasteiger partial charge on any atom is -0.396 e. The molecule has 3 atom stereocenters. The maximum absolute atomic E-state index is 8.66. The highest BCUT2D eigenvalue weighted by molar-refractivity contribution is 5.09. The predicted molar refractivity (Wildman–Crippen MR) is 63.6 cm³/mol. The molecule has 0 heterocycles. The lowest BCUT2D eigenvalue weighted by Crippen LogP contribution is -2.06. The van der Waals surface area contributed by atoms with Crippen molar-refractivity contribution in [1.29, 1.82) is 0 Å². The highest BCUT2D eigenvalue weighted by atomic mass is 16.2. The minimum atomic E-state index is 0.372. The van der Waals surface area contributed by atoms with Crippen molar-refractivity contribution in [3.05, 3.63) is 12.2 Å². The first-order chi connectivity index (χ1) is 7.40. The third-order valence-electron chi connectivity index (χ3n) is 4.15. The maximum atomic E-state index is 8.66. The van der Waals surface area contributed by atoms with Crippen molar-refractivity contribution in [2.24, 2.45) is 17.8 Å². The van der Waals surface area contributed by atoms with E-state index in [0.717, 1.165) is 24.2 Å². The zero-order valence-electron chi connectivity index (χ0n) is 9.70. The van der Waals surface area contributed by atoms with Crippen LogP contribution in [0.1, 0.15) is 51.4 Å². The second-order valence-corrected chi connectivity index (χ2v) is 5.32. The normalized spacial score (nSPS) is 32.7. The molecule has 3 unspecified atom stereocenters. The first kappa shape index (κ1) is 11.2. The average molecular weight is 208 g/mol. The summed E-state index contributed by atoms with van der Waals surface area (Å²) in [5.41, 5.74) is 0. The van der Waals surface area contributed by atoms with Crippen LogP contribution in [-0.2, 0) is 0 Å². The molecule has 0 aromatic heterocycles. The van der Waals surface area contributed by atoms with Crippen LogP contribution < -0.4 is 0 Å². The molecule has 0 aliphatic heterocycles. The number of aliphatic hydroxyl groups excluding tert-OH is 1. The van der Waals surface area contributed by atoms with Gasteiger partial charge < -0.3 is 5.11 Å². The maximum Gasteiger partial charge on any atom is 0.0431 e. The lowest BCUT2D eigenvalue weighted by Gasteiger charge is -2.17. The molecule has 2 rings (SSSR count). The van der Waals surface area contributed by atoms with Gasteiger partial charge in [0.2, 0.25) is 0 Å². The molecule has 1 nitrogen and oxygen atoms in total. The van der Waals surface area contributed by atoms with Crippen LogP contribution in [0.25, 0.3) is 0 Å². The van der Waals surface area contributed by atoms with Crippen LogP contribution in [0, 0.1) is 17.8 Å². The van der Waals surface area contributed by atoms with E-state index in [-0.39, 0.29) is 0 Å². The number of fused-ring (bicyclic) bond motifs is 2. The topological polar surface area (TPSA) is 20.2 Å². The van der Waals surface area contributed by atoms with E-state index in [0.29, 0.717) is 6.61 Å². The van der Waals surface area contributed by atoms with Gasteiger partial charge in [0.1, 0.15) is 0 Å². The van der Waals surface area contributed by atoms with Crippen LogP contribution in [0.3, 0.4) is 0 Å². The van der Waals surface area contributed by atoms with Crippen LogP contribution >= 0.6 is 0 Å². The van der Waals surface area contributed by atoms with E-state index < -0.39 is 0 Å². The second kappa shape index (κ2) is 5.69. The number of rotatable bonds is 7. The molecule has 0 radical (unpaired) electrons. The monoisotopic (exact) mass is 208 g/mol. The van der Waals surface area contributed by atoms with E-state index >= 15 is 0 Å². The Morgan fingerprint density at radius 2 is 1.73 bits per heavy atom. The minimum absolute atomic E-state index is 0.372. The van der Waals surface area contributed by atoms with Crippen molar-refractivity contribution in [2.75, 3.05) is 6.61 Å². The van der Waals surface area contributed by atoms with Gasteiger partial charge >= 0.3 is 0 Å². The summed E-state index contributed by atoms with van der Waals surface area (Å²) in [6.07, 6.45) is 15.6. The lowest BCUT2D eigenvalue weighted by molar-refractivity contribution is 0.281. The summed E-state index contributed by atoms with van der Waals surface area (Å²) >= 11 is 0. The van der Waals surface area contributed by atoms with Crippen LogP contribution in [0.2, 0.25) is 0 Å². The van der Waals surface area contributed by atoms with Crippen molar-refractivity contribution < 1.29 is 5.11 Å². The fourth-order valence-electron chi connectivity index (χ4n) is 3.28. The molecular weight excluding hydrogens is 184 g/mol. The number of hydrogen-bond donors (Lipinski definition) is 1. The average Bonchev–Trinajstić information content (AvgIpc) is 2.85. The van der Waals surface area contributed by atoms with Crippen molar-refractivity contribution >= 4 is 0 Å². The number of aliphatic hydroxyl groups is 1. The largest absolute Gasteiger partial charge is 0.396 e. The lowest BCUT2D eigenvalue weighted by atomic mass is 9.88. The summed E-state index contributed by atoms with van der Waals surface area (Å²) < 4.78 is 0. The molecule has 1 N–H and O–H groups in total. The molecule has 0 aromatic rings. The zero-order valence-corrected chi connectivity index (χ0v) is 9.70. The summed E-state index contributed by atoms with van der Waals surface area (Å²) in [5.74, 6) is 2.89. The Morgan fingerprint density at radius 3 is 2.40 bits per heavy atom. The van der Waals surface area contributed by atoms with Crippen LogP contribution in [0.4, 0.5) is 0 Å². The molecular formula is C14H24O. The number of unbranched alkanes of at least 4 members (excludes halogenated alkanes) is 4. The summed E-state index contributed by atoms with van der Waals surface area (Å²) in [6, 6.07) is 0. The highest BCUT2D eigenvalue weighted by Gasteiger charge is 2.34. The van der Waals surface area contributed by atoms with Crippen molar-refractivity contribution in [3.8, 4) is 0 Å². The molecule has 2 aliphatic rings. The Labute approximate surface area is 93.6 Å². The van der Waals surface area contributed by atoms with E-state index in [1.54, 1.807) is 0 Å². The Kier molecular flexibility index (Phi) is 4.25. The first-order valence-electron chi connectivity index (χ1n) is 6.69. The summed E-state index contributed by atoms with van der Waals surface area (Å²) in [7, 11) is 0. The Balaban J connectivity index is 1.50. The predicted octanol–water partition coefficient (Wildman–Crippen LogP) is 3.53. The van der Waals surface area contributed by atoms with Crippen LogP contribution in [-0.4, -0.2) is 11.7 Å². The first-order valence-corrected chi connectivity index (χ1v) is 6.69. The molecule has 1 fully saturated rings. The Morgan fingerprint density at radius 1 is 0.933 bits per heavy atom. The van der Waals surface area contributed by atoms with Gasteiger partial charge in [-0.2, -0.15) is 0 Å². The third kappa shape index (κ3) is 3.07. The molecule has 15 heavy (non-hydrogen) atoms. The third-order valence-corrected chi connectivity index (χ3v) is 4.15. The highest BCUT2D eigenvalue weighted by Crippen LogP contribution is 2.45. The zero-order chi connectivity index (χ0) is 10.5. The van der Waals surface area contributed by atoms with Crippen molar-refractivity contribution in [2.45, 2.75) is 51.4 Å². The summed E-state index contributed by atoms with van der Waals surface area (Å²) in [5, 5.41) is 8.66. The van der Waals surface area contributed by atoms with Crippen molar-refractivity contribution in [3.63, 3.8) is 0 Å². The van der Waals surface area contributed by atoms with Gasteiger partial charge in [-0.25, -0.2) is 0 Å². The number of hydrogen-bond acceptors (Lipinski definition) is 1. The quantitative estimate of drug-likeness (QED) is 0.501. The molecule has 1 heteroatoms. The van der Waals surface area contributed by atoms with Gasteiger partial charge in [-0.1, -0.05) is 37.8 Å². The second-order valence-electron chi connectivity index (χ2n) is 5.32.